The Morgan fingerprint density at radius 1 is 1.14 bits per heavy atom. The summed E-state index contributed by atoms with van der Waals surface area (Å²) in [6.07, 6.45) is 4.92. The van der Waals surface area contributed by atoms with Crippen molar-refractivity contribution in [1.82, 2.24) is 0 Å². The van der Waals surface area contributed by atoms with Gasteiger partial charge >= 0.3 is 0 Å². The molecule has 110 valence electrons. The highest BCUT2D eigenvalue weighted by molar-refractivity contribution is 5.56. The standard InChI is InChI=1S/C18H21NO2/c1-21-18-10-9-13(11-17(18)20)12-19-16-8-4-6-14-5-2-3-7-15(14)16/h4,6,8-11,19-20H,2-3,5,7,12H2,1H3. The second-order valence-corrected chi connectivity index (χ2v) is 5.51. The van der Waals surface area contributed by atoms with Crippen LogP contribution in [0.3, 0.4) is 0 Å². The van der Waals surface area contributed by atoms with Gasteiger partial charge in [0.2, 0.25) is 0 Å². The maximum Gasteiger partial charge on any atom is 0.160 e. The van der Waals surface area contributed by atoms with E-state index >= 15 is 0 Å². The Kier molecular flexibility index (Phi) is 4.00. The largest absolute Gasteiger partial charge is 0.504 e. The fourth-order valence-electron chi connectivity index (χ4n) is 2.99. The van der Waals surface area contributed by atoms with Crippen LogP contribution >= 0.6 is 0 Å². The number of rotatable bonds is 4. The fourth-order valence-corrected chi connectivity index (χ4v) is 2.99. The summed E-state index contributed by atoms with van der Waals surface area (Å²) in [4.78, 5) is 0. The van der Waals surface area contributed by atoms with Gasteiger partial charge in [0.15, 0.2) is 11.5 Å². The summed E-state index contributed by atoms with van der Waals surface area (Å²) in [5.41, 5.74) is 5.20. The zero-order valence-electron chi connectivity index (χ0n) is 12.4. The zero-order chi connectivity index (χ0) is 14.7. The molecule has 0 radical (unpaired) electrons. The van der Waals surface area contributed by atoms with Crippen LogP contribution in [-0.2, 0) is 19.4 Å². The van der Waals surface area contributed by atoms with E-state index in [1.807, 2.05) is 6.07 Å². The molecule has 0 unspecified atom stereocenters. The van der Waals surface area contributed by atoms with Gasteiger partial charge in [0.25, 0.3) is 0 Å². The number of ether oxygens (including phenoxy) is 1. The van der Waals surface area contributed by atoms with Gasteiger partial charge in [0.1, 0.15) is 0 Å². The Balaban J connectivity index is 1.75. The molecule has 0 saturated heterocycles. The third kappa shape index (κ3) is 2.97. The molecule has 21 heavy (non-hydrogen) atoms. The van der Waals surface area contributed by atoms with Crippen LogP contribution in [0.4, 0.5) is 5.69 Å². The Morgan fingerprint density at radius 2 is 2.00 bits per heavy atom. The predicted octanol–water partition coefficient (Wildman–Crippen LogP) is 3.89. The van der Waals surface area contributed by atoms with Gasteiger partial charge < -0.3 is 15.2 Å². The minimum Gasteiger partial charge on any atom is -0.504 e. The summed E-state index contributed by atoms with van der Waals surface area (Å²) in [5.74, 6) is 0.697. The average Bonchev–Trinajstić information content (AvgIpc) is 2.53. The molecule has 0 fully saturated rings. The molecule has 0 bridgehead atoms. The molecule has 1 aliphatic carbocycles. The normalized spacial score (nSPS) is 13.6. The van der Waals surface area contributed by atoms with Crippen LogP contribution in [0.25, 0.3) is 0 Å². The summed E-state index contributed by atoms with van der Waals surface area (Å²) < 4.78 is 5.07. The lowest BCUT2D eigenvalue weighted by atomic mass is 9.90. The van der Waals surface area contributed by atoms with Gasteiger partial charge in [-0.1, -0.05) is 18.2 Å². The van der Waals surface area contributed by atoms with Crippen molar-refractivity contribution >= 4 is 5.69 Å². The number of methoxy groups -OCH3 is 1. The Bertz CT molecular complexity index is 637. The Labute approximate surface area is 125 Å². The maximum atomic E-state index is 9.83. The van der Waals surface area contributed by atoms with Crippen molar-refractivity contribution in [3.63, 3.8) is 0 Å². The van der Waals surface area contributed by atoms with Gasteiger partial charge in [-0.05, 0) is 60.6 Å². The molecule has 2 aromatic carbocycles. The molecule has 0 amide bonds. The van der Waals surface area contributed by atoms with E-state index in [1.165, 1.54) is 36.1 Å². The van der Waals surface area contributed by atoms with Crippen molar-refractivity contribution in [2.24, 2.45) is 0 Å². The van der Waals surface area contributed by atoms with E-state index in [0.29, 0.717) is 12.3 Å². The van der Waals surface area contributed by atoms with Crippen LogP contribution in [0.15, 0.2) is 36.4 Å². The van der Waals surface area contributed by atoms with Gasteiger partial charge in [0.05, 0.1) is 7.11 Å². The fraction of sp³-hybridized carbons (Fsp3) is 0.333. The van der Waals surface area contributed by atoms with E-state index in [-0.39, 0.29) is 5.75 Å². The summed E-state index contributed by atoms with van der Waals surface area (Å²) in [6, 6.07) is 12.0. The molecule has 0 saturated carbocycles. The van der Waals surface area contributed by atoms with E-state index in [2.05, 4.69) is 23.5 Å². The molecule has 0 aliphatic heterocycles. The molecule has 3 heteroatoms. The lowest BCUT2D eigenvalue weighted by Gasteiger charge is -2.20. The van der Waals surface area contributed by atoms with Crippen LogP contribution < -0.4 is 10.1 Å². The van der Waals surface area contributed by atoms with Crippen molar-refractivity contribution in [3.05, 3.63) is 53.1 Å². The van der Waals surface area contributed by atoms with Crippen molar-refractivity contribution < 1.29 is 9.84 Å². The second-order valence-electron chi connectivity index (χ2n) is 5.51. The van der Waals surface area contributed by atoms with Crippen LogP contribution in [0.5, 0.6) is 11.5 Å². The topological polar surface area (TPSA) is 41.5 Å². The first-order chi connectivity index (χ1) is 10.3. The van der Waals surface area contributed by atoms with Crippen LogP contribution in [0.2, 0.25) is 0 Å². The van der Waals surface area contributed by atoms with E-state index < -0.39 is 0 Å². The average molecular weight is 283 g/mol. The van der Waals surface area contributed by atoms with Crippen LogP contribution in [0.1, 0.15) is 29.5 Å². The maximum absolute atomic E-state index is 9.83. The number of aromatic hydroxyl groups is 1. The molecular weight excluding hydrogens is 262 g/mol. The zero-order valence-corrected chi connectivity index (χ0v) is 12.4. The summed E-state index contributed by atoms with van der Waals surface area (Å²) >= 11 is 0. The van der Waals surface area contributed by atoms with Crippen molar-refractivity contribution in [2.45, 2.75) is 32.2 Å². The number of hydrogen-bond acceptors (Lipinski definition) is 3. The first kappa shape index (κ1) is 13.8. The first-order valence-corrected chi connectivity index (χ1v) is 7.48. The number of nitrogens with one attached hydrogen (secondary N) is 1. The summed E-state index contributed by atoms with van der Waals surface area (Å²) in [6.45, 7) is 0.702. The third-order valence-corrected chi connectivity index (χ3v) is 4.12. The number of fused-ring (bicyclic) bond motifs is 1. The number of hydrogen-bond donors (Lipinski definition) is 2. The second kappa shape index (κ2) is 6.08. The van der Waals surface area contributed by atoms with Gasteiger partial charge in [-0.25, -0.2) is 0 Å². The van der Waals surface area contributed by atoms with Crippen molar-refractivity contribution in [3.8, 4) is 11.5 Å². The highest BCUT2D eigenvalue weighted by Crippen LogP contribution is 2.29. The molecule has 2 N–H and O–H groups in total. The van der Waals surface area contributed by atoms with Gasteiger partial charge in [-0.2, -0.15) is 0 Å². The lowest BCUT2D eigenvalue weighted by Crippen LogP contribution is -2.08. The van der Waals surface area contributed by atoms with E-state index in [9.17, 15) is 5.11 Å². The number of anilines is 1. The molecule has 3 rings (SSSR count). The first-order valence-electron chi connectivity index (χ1n) is 7.48. The Hall–Kier alpha value is -2.16. The summed E-state index contributed by atoms with van der Waals surface area (Å²) in [5, 5.41) is 13.3. The molecular formula is C18H21NO2. The van der Waals surface area contributed by atoms with Gasteiger partial charge in [-0.15, -0.1) is 0 Å². The Morgan fingerprint density at radius 3 is 2.81 bits per heavy atom. The van der Waals surface area contributed by atoms with Crippen molar-refractivity contribution in [1.29, 1.82) is 0 Å². The quantitative estimate of drug-likeness (QED) is 0.894. The SMILES string of the molecule is COc1ccc(CNc2cccc3c2CCCC3)cc1O. The van der Waals surface area contributed by atoms with Gasteiger partial charge in [0, 0.05) is 12.2 Å². The van der Waals surface area contributed by atoms with Crippen LogP contribution in [0, 0.1) is 0 Å². The number of phenols is 1. The lowest BCUT2D eigenvalue weighted by molar-refractivity contribution is 0.373. The molecule has 0 heterocycles. The number of aryl methyl sites for hydroxylation is 1. The van der Waals surface area contributed by atoms with Gasteiger partial charge in [-0.3, -0.25) is 0 Å². The molecule has 2 aromatic rings. The minimum atomic E-state index is 0.187. The minimum absolute atomic E-state index is 0.187. The van der Waals surface area contributed by atoms with E-state index in [1.54, 1.807) is 19.2 Å². The van der Waals surface area contributed by atoms with E-state index in [0.717, 1.165) is 12.0 Å². The predicted molar refractivity (Wildman–Crippen MR) is 85.1 cm³/mol. The highest BCUT2D eigenvalue weighted by atomic mass is 16.5. The smallest absolute Gasteiger partial charge is 0.160 e. The molecule has 1 aliphatic rings. The molecule has 0 atom stereocenters. The third-order valence-electron chi connectivity index (χ3n) is 4.12. The number of phenolic OH excluding ortho intramolecular Hbond substituents is 1. The number of benzene rings is 2. The van der Waals surface area contributed by atoms with Crippen LogP contribution in [-0.4, -0.2) is 12.2 Å². The molecule has 3 nitrogen and oxygen atoms in total. The monoisotopic (exact) mass is 283 g/mol. The molecule has 0 spiro atoms. The van der Waals surface area contributed by atoms with E-state index in [4.69, 9.17) is 4.74 Å². The highest BCUT2D eigenvalue weighted by Gasteiger charge is 2.12. The summed E-state index contributed by atoms with van der Waals surface area (Å²) in [7, 11) is 1.56. The molecule has 0 aromatic heterocycles. The van der Waals surface area contributed by atoms with Crippen molar-refractivity contribution in [2.75, 3.05) is 12.4 Å².